The lowest BCUT2D eigenvalue weighted by atomic mass is 9.78. The molecule has 0 radical (unpaired) electrons. The first-order valence-electron chi connectivity index (χ1n) is 9.65. The first kappa shape index (κ1) is 17.6. The number of hydrogen-bond donors (Lipinski definition) is 1. The van der Waals surface area contributed by atoms with Gasteiger partial charge in [0.15, 0.2) is 5.78 Å². The number of benzene rings is 2. The zero-order chi connectivity index (χ0) is 20.0. The van der Waals surface area contributed by atoms with Gasteiger partial charge in [-0.05, 0) is 52.9 Å². The molecule has 2 heterocycles. The summed E-state index contributed by atoms with van der Waals surface area (Å²) in [5.74, 6) is 1.62. The molecule has 1 N–H and O–H groups in total. The number of nitrogens with zero attached hydrogens (tertiary/aromatic N) is 4. The van der Waals surface area contributed by atoms with Crippen molar-refractivity contribution in [1.82, 2.24) is 20.2 Å². The van der Waals surface area contributed by atoms with Gasteiger partial charge in [0, 0.05) is 17.7 Å². The number of carbonyl (C=O) groups excluding carboxylic acids is 1. The molecule has 29 heavy (non-hydrogen) atoms. The average molecular weight is 387 g/mol. The number of tetrazole rings is 1. The second-order valence-corrected chi connectivity index (χ2v) is 7.58. The number of fused-ring (bicyclic) bond motifs is 1. The quantitative estimate of drug-likeness (QED) is 0.742. The zero-order valence-corrected chi connectivity index (χ0v) is 16.3. The number of aryl methyl sites for hydroxylation is 1. The van der Waals surface area contributed by atoms with Crippen molar-refractivity contribution in [2.75, 3.05) is 12.4 Å². The normalized spacial score (nSPS) is 20.7. The molecule has 5 rings (SSSR count). The fourth-order valence-electron chi connectivity index (χ4n) is 4.24. The van der Waals surface area contributed by atoms with Gasteiger partial charge in [0.05, 0.1) is 7.11 Å². The Balaban J connectivity index is 1.55. The van der Waals surface area contributed by atoms with Crippen LogP contribution < -0.4 is 10.1 Å². The van der Waals surface area contributed by atoms with Crippen molar-refractivity contribution in [2.24, 2.45) is 0 Å². The second-order valence-electron chi connectivity index (χ2n) is 7.58. The number of nitrogens with one attached hydrogen (secondary N) is 1. The van der Waals surface area contributed by atoms with Gasteiger partial charge in [0.25, 0.3) is 0 Å². The molecule has 2 atom stereocenters. The topological polar surface area (TPSA) is 81.9 Å². The maximum absolute atomic E-state index is 13.3. The van der Waals surface area contributed by atoms with Gasteiger partial charge in [-0.3, -0.25) is 4.79 Å². The summed E-state index contributed by atoms with van der Waals surface area (Å²) in [6, 6.07) is 15.8. The maximum atomic E-state index is 13.3. The highest BCUT2D eigenvalue weighted by Gasteiger charge is 2.39. The van der Waals surface area contributed by atoms with Crippen LogP contribution >= 0.6 is 0 Å². The number of allylic oxidation sites excluding steroid dienone is 2. The van der Waals surface area contributed by atoms with E-state index in [1.165, 1.54) is 5.56 Å². The SMILES string of the molecule is COc1ccc([C@H]2CC(=O)C3=C(C2)Nc2nnnn2[C@@H]3c2ccc(C)cc2)cc1. The largest absolute Gasteiger partial charge is 0.497 e. The molecule has 146 valence electrons. The van der Waals surface area contributed by atoms with Crippen LogP contribution in [0.3, 0.4) is 0 Å². The van der Waals surface area contributed by atoms with Gasteiger partial charge in [-0.2, -0.15) is 4.68 Å². The lowest BCUT2D eigenvalue weighted by Crippen LogP contribution is -2.33. The molecule has 0 unspecified atom stereocenters. The molecule has 0 saturated carbocycles. The molecule has 7 heteroatoms. The molecule has 2 aliphatic rings. The second kappa shape index (κ2) is 6.84. The Morgan fingerprint density at radius 1 is 1.03 bits per heavy atom. The number of rotatable bonds is 3. The molecule has 0 amide bonds. The average Bonchev–Trinajstić information content (AvgIpc) is 3.21. The Labute approximate surface area is 168 Å². The highest BCUT2D eigenvalue weighted by Crippen LogP contribution is 2.43. The highest BCUT2D eigenvalue weighted by molar-refractivity contribution is 6.00. The lowest BCUT2D eigenvalue weighted by Gasteiger charge is -2.34. The van der Waals surface area contributed by atoms with E-state index in [-0.39, 0.29) is 17.7 Å². The highest BCUT2D eigenvalue weighted by atomic mass is 16.5. The molecule has 1 aromatic heterocycles. The minimum atomic E-state index is -0.304. The lowest BCUT2D eigenvalue weighted by molar-refractivity contribution is -0.116. The van der Waals surface area contributed by atoms with Gasteiger partial charge in [-0.15, -0.1) is 0 Å². The number of Topliss-reactive ketones (excluding diaryl/α,β-unsaturated/α-hetero) is 1. The van der Waals surface area contributed by atoms with Crippen LogP contribution in [0.1, 0.15) is 41.5 Å². The van der Waals surface area contributed by atoms with E-state index in [0.717, 1.165) is 34.6 Å². The van der Waals surface area contributed by atoms with Crippen molar-refractivity contribution >= 4 is 11.7 Å². The summed E-state index contributed by atoms with van der Waals surface area (Å²) >= 11 is 0. The van der Waals surface area contributed by atoms with Crippen LogP contribution in [0.25, 0.3) is 0 Å². The van der Waals surface area contributed by atoms with Gasteiger partial charge < -0.3 is 10.1 Å². The summed E-state index contributed by atoms with van der Waals surface area (Å²) in [6.07, 6.45) is 1.20. The van der Waals surface area contributed by atoms with Crippen LogP contribution in [0.4, 0.5) is 5.95 Å². The molecule has 0 bridgehead atoms. The number of carbonyl (C=O) groups is 1. The third-order valence-electron chi connectivity index (χ3n) is 5.76. The number of aromatic nitrogens is 4. The zero-order valence-electron chi connectivity index (χ0n) is 16.3. The first-order valence-corrected chi connectivity index (χ1v) is 9.65. The summed E-state index contributed by atoms with van der Waals surface area (Å²) in [5, 5.41) is 15.4. The fourth-order valence-corrected chi connectivity index (χ4v) is 4.24. The smallest absolute Gasteiger partial charge is 0.248 e. The summed E-state index contributed by atoms with van der Waals surface area (Å²) in [4.78, 5) is 13.3. The molecule has 0 fully saturated rings. The predicted octanol–water partition coefficient (Wildman–Crippen LogP) is 3.41. The Kier molecular flexibility index (Phi) is 4.16. The van der Waals surface area contributed by atoms with Crippen molar-refractivity contribution in [1.29, 1.82) is 0 Å². The van der Waals surface area contributed by atoms with Crippen molar-refractivity contribution in [2.45, 2.75) is 31.7 Å². The Bertz CT molecular complexity index is 1100. The fraction of sp³-hybridized carbons (Fsp3) is 0.273. The third kappa shape index (κ3) is 2.99. The number of methoxy groups -OCH3 is 1. The van der Waals surface area contributed by atoms with Gasteiger partial charge in [-0.1, -0.05) is 47.1 Å². The summed E-state index contributed by atoms with van der Waals surface area (Å²) < 4.78 is 6.96. The predicted molar refractivity (Wildman–Crippen MR) is 108 cm³/mol. The molecule has 0 saturated heterocycles. The standard InChI is InChI=1S/C22H21N5O2/c1-13-3-5-15(6-4-13)21-20-18(23-22-24-25-26-27(21)22)11-16(12-19(20)28)14-7-9-17(29-2)10-8-14/h3-10,16,21H,11-12H2,1-2H3,(H,23,24,26)/t16-,21-/m1/s1. The number of ether oxygens (including phenoxy) is 1. The van der Waals surface area contributed by atoms with E-state index in [1.54, 1.807) is 11.8 Å². The van der Waals surface area contributed by atoms with Gasteiger partial charge >= 0.3 is 0 Å². The summed E-state index contributed by atoms with van der Waals surface area (Å²) in [5.41, 5.74) is 4.98. The van der Waals surface area contributed by atoms with Gasteiger partial charge in [-0.25, -0.2) is 0 Å². The van der Waals surface area contributed by atoms with Gasteiger partial charge in [0.1, 0.15) is 11.8 Å². The van der Waals surface area contributed by atoms with Crippen LogP contribution in [-0.4, -0.2) is 33.1 Å². The van der Waals surface area contributed by atoms with Crippen LogP contribution in [-0.2, 0) is 4.79 Å². The minimum Gasteiger partial charge on any atom is -0.497 e. The van der Waals surface area contributed by atoms with Crippen molar-refractivity contribution in [3.63, 3.8) is 0 Å². The first-order chi connectivity index (χ1) is 14.1. The molecule has 3 aromatic rings. The minimum absolute atomic E-state index is 0.112. The number of hydrogen-bond acceptors (Lipinski definition) is 6. The van der Waals surface area contributed by atoms with Crippen LogP contribution in [0, 0.1) is 6.92 Å². The van der Waals surface area contributed by atoms with Crippen molar-refractivity contribution in [3.05, 3.63) is 76.5 Å². The van der Waals surface area contributed by atoms with E-state index in [9.17, 15) is 4.79 Å². The summed E-state index contributed by atoms with van der Waals surface area (Å²) in [6.45, 7) is 2.05. The van der Waals surface area contributed by atoms with E-state index in [0.29, 0.717) is 12.4 Å². The van der Waals surface area contributed by atoms with Crippen LogP contribution in [0.15, 0.2) is 59.8 Å². The van der Waals surface area contributed by atoms with E-state index in [1.807, 2.05) is 43.3 Å². The van der Waals surface area contributed by atoms with Crippen LogP contribution in [0.5, 0.6) is 5.75 Å². The molecule has 7 nitrogen and oxygen atoms in total. The Morgan fingerprint density at radius 3 is 2.48 bits per heavy atom. The van der Waals surface area contributed by atoms with E-state index in [2.05, 4.69) is 33.0 Å². The molecular formula is C22H21N5O2. The summed E-state index contributed by atoms with van der Waals surface area (Å²) in [7, 11) is 1.65. The Morgan fingerprint density at radius 2 is 1.76 bits per heavy atom. The van der Waals surface area contributed by atoms with Crippen molar-refractivity contribution < 1.29 is 9.53 Å². The third-order valence-corrected chi connectivity index (χ3v) is 5.76. The molecule has 0 spiro atoms. The molecule has 2 aromatic carbocycles. The van der Waals surface area contributed by atoms with Crippen molar-refractivity contribution in [3.8, 4) is 5.75 Å². The van der Waals surface area contributed by atoms with Crippen LogP contribution in [0.2, 0.25) is 0 Å². The van der Waals surface area contributed by atoms with E-state index < -0.39 is 0 Å². The molecule has 1 aliphatic heterocycles. The van der Waals surface area contributed by atoms with E-state index >= 15 is 0 Å². The maximum Gasteiger partial charge on any atom is 0.248 e. The van der Waals surface area contributed by atoms with Gasteiger partial charge in [0.2, 0.25) is 5.95 Å². The van der Waals surface area contributed by atoms with E-state index in [4.69, 9.17) is 4.74 Å². The molecular weight excluding hydrogens is 366 g/mol. The Hall–Kier alpha value is -3.48. The number of anilines is 1. The molecule has 1 aliphatic carbocycles. The monoisotopic (exact) mass is 387 g/mol. The number of ketones is 1.